The number of anilines is 1. The van der Waals surface area contributed by atoms with Crippen molar-refractivity contribution < 1.29 is 18.7 Å². The Morgan fingerprint density at radius 1 is 1.22 bits per heavy atom. The van der Waals surface area contributed by atoms with Gasteiger partial charge in [-0.2, -0.15) is 5.10 Å². The summed E-state index contributed by atoms with van der Waals surface area (Å²) in [6.45, 7) is 0.0203. The minimum Gasteiger partial charge on any atom is -0.496 e. The molecule has 1 N–H and O–H groups in total. The molecule has 0 saturated carbocycles. The molecule has 0 saturated heterocycles. The number of hydrogen-bond acceptors (Lipinski definition) is 4. The molecule has 0 fully saturated rings. The lowest BCUT2D eigenvalue weighted by Crippen LogP contribution is -2.14. The molecule has 2 aromatic carbocycles. The second kappa shape index (κ2) is 8.09. The highest BCUT2D eigenvalue weighted by Gasteiger charge is 2.14. The highest BCUT2D eigenvalue weighted by molar-refractivity contribution is 6.30. The van der Waals surface area contributed by atoms with Gasteiger partial charge in [0, 0.05) is 23.3 Å². The van der Waals surface area contributed by atoms with Crippen LogP contribution < -0.4 is 10.1 Å². The number of carbonyl (C=O) groups is 1. The number of methoxy groups -OCH3 is 1. The third kappa shape index (κ3) is 4.57. The normalized spacial score (nSPS) is 10.5. The average Bonchev–Trinajstić information content (AvgIpc) is 3.02. The third-order valence-corrected chi connectivity index (χ3v) is 4.09. The van der Waals surface area contributed by atoms with E-state index < -0.39 is 6.09 Å². The monoisotopic (exact) mass is 389 g/mol. The zero-order chi connectivity index (χ0) is 19.4. The Kier molecular flexibility index (Phi) is 5.61. The van der Waals surface area contributed by atoms with Crippen LogP contribution in [0.4, 0.5) is 14.9 Å². The zero-order valence-electron chi connectivity index (χ0n) is 14.7. The van der Waals surface area contributed by atoms with E-state index in [1.54, 1.807) is 37.0 Å². The maximum Gasteiger partial charge on any atom is 0.412 e. The molecule has 1 amide bonds. The minimum atomic E-state index is -0.645. The van der Waals surface area contributed by atoms with Crippen molar-refractivity contribution in [3.8, 4) is 17.0 Å². The molecule has 0 unspecified atom stereocenters. The lowest BCUT2D eigenvalue weighted by Gasteiger charge is -2.07. The van der Waals surface area contributed by atoms with Gasteiger partial charge in [-0.15, -0.1) is 0 Å². The Balaban J connectivity index is 1.68. The van der Waals surface area contributed by atoms with Crippen molar-refractivity contribution in [3.63, 3.8) is 0 Å². The first kappa shape index (κ1) is 18.7. The van der Waals surface area contributed by atoms with Gasteiger partial charge in [-0.25, -0.2) is 9.18 Å². The molecule has 8 heteroatoms. The number of aromatic nitrogens is 2. The first-order valence-electron chi connectivity index (χ1n) is 8.02. The first-order chi connectivity index (χ1) is 13.0. The Morgan fingerprint density at radius 2 is 1.96 bits per heavy atom. The first-order valence-corrected chi connectivity index (χ1v) is 8.40. The van der Waals surface area contributed by atoms with Crippen molar-refractivity contribution in [2.24, 2.45) is 7.05 Å². The average molecular weight is 390 g/mol. The van der Waals surface area contributed by atoms with Gasteiger partial charge in [-0.05, 0) is 48.5 Å². The minimum absolute atomic E-state index is 0.0203. The summed E-state index contributed by atoms with van der Waals surface area (Å²) in [7, 11) is 3.31. The van der Waals surface area contributed by atoms with Gasteiger partial charge in [0.1, 0.15) is 18.2 Å². The molecule has 0 bridgehead atoms. The summed E-state index contributed by atoms with van der Waals surface area (Å²) in [4.78, 5) is 11.9. The fourth-order valence-electron chi connectivity index (χ4n) is 2.48. The van der Waals surface area contributed by atoms with Crippen LogP contribution in [0, 0.1) is 5.82 Å². The van der Waals surface area contributed by atoms with Crippen LogP contribution in [-0.2, 0) is 18.4 Å². The van der Waals surface area contributed by atoms with Crippen LogP contribution in [0.3, 0.4) is 0 Å². The number of aryl methyl sites for hydroxylation is 1. The number of rotatable bonds is 5. The van der Waals surface area contributed by atoms with Crippen LogP contribution >= 0.6 is 11.6 Å². The van der Waals surface area contributed by atoms with Gasteiger partial charge >= 0.3 is 6.09 Å². The Hall–Kier alpha value is -3.06. The summed E-state index contributed by atoms with van der Waals surface area (Å²) in [6.07, 6.45) is -0.645. The summed E-state index contributed by atoms with van der Waals surface area (Å²) in [5.41, 5.74) is 2.58. The molecular formula is C19H17ClFN3O3. The summed E-state index contributed by atoms with van der Waals surface area (Å²) in [5, 5.41) is 7.52. The second-order valence-corrected chi connectivity index (χ2v) is 6.13. The van der Waals surface area contributed by atoms with Crippen molar-refractivity contribution in [2.75, 3.05) is 12.4 Å². The molecule has 0 aliphatic heterocycles. The van der Waals surface area contributed by atoms with E-state index in [1.165, 1.54) is 24.3 Å². The van der Waals surface area contributed by atoms with Crippen LogP contribution in [-0.4, -0.2) is 23.0 Å². The number of benzene rings is 2. The van der Waals surface area contributed by atoms with E-state index in [2.05, 4.69) is 10.4 Å². The van der Waals surface area contributed by atoms with Gasteiger partial charge in [0.05, 0.1) is 18.5 Å². The van der Waals surface area contributed by atoms with Crippen LogP contribution in [0.5, 0.6) is 5.75 Å². The SMILES string of the molecule is COc1cc(Cl)ccc1-c1cc(COC(=O)Nc2ccc(F)cc2)n(C)n1. The summed E-state index contributed by atoms with van der Waals surface area (Å²) in [5.74, 6) is 0.219. The molecule has 0 radical (unpaired) electrons. The lowest BCUT2D eigenvalue weighted by molar-refractivity contribution is 0.152. The number of nitrogens with zero attached hydrogens (tertiary/aromatic N) is 2. The molecule has 6 nitrogen and oxygen atoms in total. The van der Waals surface area contributed by atoms with Gasteiger partial charge in [-0.3, -0.25) is 10.00 Å². The number of amides is 1. The molecule has 0 aliphatic carbocycles. The van der Waals surface area contributed by atoms with Crippen LogP contribution in [0.15, 0.2) is 48.5 Å². The van der Waals surface area contributed by atoms with Crippen molar-refractivity contribution in [1.29, 1.82) is 0 Å². The van der Waals surface area contributed by atoms with Crippen LogP contribution in [0.1, 0.15) is 5.69 Å². The Morgan fingerprint density at radius 3 is 2.67 bits per heavy atom. The quantitative estimate of drug-likeness (QED) is 0.690. The van der Waals surface area contributed by atoms with Gasteiger partial charge < -0.3 is 9.47 Å². The standard InChI is InChI=1S/C19H17ClFN3O3/c1-24-15(11-27-19(25)22-14-6-4-13(21)5-7-14)10-17(23-24)16-8-3-12(20)9-18(16)26-2/h3-10H,11H2,1-2H3,(H,22,25). The molecule has 140 valence electrons. The number of hydrogen-bond donors (Lipinski definition) is 1. The van der Waals surface area contributed by atoms with E-state index in [4.69, 9.17) is 21.1 Å². The number of carbonyl (C=O) groups excluding carboxylic acids is 1. The van der Waals surface area contributed by atoms with Crippen molar-refractivity contribution in [3.05, 3.63) is 65.1 Å². The van der Waals surface area contributed by atoms with Gasteiger partial charge in [0.2, 0.25) is 0 Å². The Labute approximate surface area is 160 Å². The maximum atomic E-state index is 12.9. The number of ether oxygens (including phenoxy) is 2. The van der Waals surface area contributed by atoms with E-state index in [9.17, 15) is 9.18 Å². The highest BCUT2D eigenvalue weighted by atomic mass is 35.5. The van der Waals surface area contributed by atoms with Crippen LogP contribution in [0.25, 0.3) is 11.3 Å². The molecule has 0 spiro atoms. The smallest absolute Gasteiger partial charge is 0.412 e. The zero-order valence-corrected chi connectivity index (χ0v) is 15.5. The van der Waals surface area contributed by atoms with Crippen molar-refractivity contribution >= 4 is 23.4 Å². The lowest BCUT2D eigenvalue weighted by atomic mass is 10.1. The Bertz CT molecular complexity index is 957. The van der Waals surface area contributed by atoms with Crippen molar-refractivity contribution in [2.45, 2.75) is 6.61 Å². The third-order valence-electron chi connectivity index (χ3n) is 3.86. The topological polar surface area (TPSA) is 65.4 Å². The maximum absolute atomic E-state index is 12.9. The van der Waals surface area contributed by atoms with E-state index in [0.29, 0.717) is 27.8 Å². The van der Waals surface area contributed by atoms with Crippen LogP contribution in [0.2, 0.25) is 5.02 Å². The molecule has 0 aliphatic rings. The predicted octanol–water partition coefficient (Wildman–Crippen LogP) is 4.64. The molecule has 3 aromatic rings. The summed E-state index contributed by atoms with van der Waals surface area (Å²) in [6, 6.07) is 12.5. The summed E-state index contributed by atoms with van der Waals surface area (Å²) >= 11 is 5.99. The van der Waals surface area contributed by atoms with Gasteiger partial charge in [-0.1, -0.05) is 11.6 Å². The fraction of sp³-hybridized carbons (Fsp3) is 0.158. The second-order valence-electron chi connectivity index (χ2n) is 5.70. The van der Waals surface area contributed by atoms with E-state index in [1.807, 2.05) is 6.07 Å². The van der Waals surface area contributed by atoms with Gasteiger partial charge in [0.15, 0.2) is 0 Å². The van der Waals surface area contributed by atoms with E-state index >= 15 is 0 Å². The highest BCUT2D eigenvalue weighted by Crippen LogP contribution is 2.32. The fourth-order valence-corrected chi connectivity index (χ4v) is 2.64. The number of nitrogens with one attached hydrogen (secondary N) is 1. The largest absolute Gasteiger partial charge is 0.496 e. The molecule has 0 atom stereocenters. The summed E-state index contributed by atoms with van der Waals surface area (Å²) < 4.78 is 25.1. The number of halogens is 2. The van der Waals surface area contributed by atoms with Gasteiger partial charge in [0.25, 0.3) is 0 Å². The van der Waals surface area contributed by atoms with E-state index in [-0.39, 0.29) is 12.4 Å². The predicted molar refractivity (Wildman–Crippen MR) is 100 cm³/mol. The molecular weight excluding hydrogens is 373 g/mol. The molecule has 1 aromatic heterocycles. The molecule has 27 heavy (non-hydrogen) atoms. The molecule has 1 heterocycles. The van der Waals surface area contributed by atoms with Crippen molar-refractivity contribution in [1.82, 2.24) is 9.78 Å². The van der Waals surface area contributed by atoms with E-state index in [0.717, 1.165) is 5.56 Å². The molecule has 3 rings (SSSR count).